The third kappa shape index (κ3) is 0.394. The van der Waals surface area contributed by atoms with Crippen molar-refractivity contribution < 1.29 is 0 Å². The Morgan fingerprint density at radius 1 is 1.00 bits per heavy atom. The second-order valence-electron chi connectivity index (χ2n) is 3.02. The Morgan fingerprint density at radius 2 is 1.73 bits per heavy atom. The van der Waals surface area contributed by atoms with Crippen molar-refractivity contribution in [2.45, 2.75) is 6.92 Å². The zero-order valence-electron chi connectivity index (χ0n) is 5.89. The number of benzene rings is 1. The lowest BCUT2D eigenvalue weighted by atomic mass is 10.2. The van der Waals surface area contributed by atoms with Crippen molar-refractivity contribution in [1.82, 2.24) is 0 Å². The third-order valence-electron chi connectivity index (χ3n) is 2.33. The Morgan fingerprint density at radius 3 is 2.45 bits per heavy atom. The van der Waals surface area contributed by atoms with E-state index in [1.165, 1.54) is 0 Å². The average Bonchev–Trinajstić information content (AvgIpc) is 2.77. The quantitative estimate of drug-likeness (QED) is 0.467. The van der Waals surface area contributed by atoms with E-state index in [0.717, 1.165) is 16.3 Å². The van der Waals surface area contributed by atoms with Gasteiger partial charge in [-0.2, -0.15) is 0 Å². The fraction of sp³-hybridized carbons (Fsp3) is 0.111. The molecule has 2 heteroatoms. The van der Waals surface area contributed by atoms with Crippen LogP contribution in [0.5, 0.6) is 0 Å². The van der Waals surface area contributed by atoms with E-state index < -0.39 is 0 Å². The minimum absolute atomic E-state index is 0.0696. The van der Waals surface area contributed by atoms with Crippen LogP contribution in [0.2, 0.25) is 0 Å². The summed E-state index contributed by atoms with van der Waals surface area (Å²) < 4.78 is 0. The van der Waals surface area contributed by atoms with Gasteiger partial charge < -0.3 is 0 Å². The number of aryl methyl sites for hydroxylation is 1. The van der Waals surface area contributed by atoms with Crippen molar-refractivity contribution in [3.63, 3.8) is 0 Å². The van der Waals surface area contributed by atoms with Crippen molar-refractivity contribution in [3.05, 3.63) is 32.1 Å². The number of fused-ring (bicyclic) bond motifs is 3. The summed E-state index contributed by atoms with van der Waals surface area (Å²) in [5.74, 6) is 0. The largest absolute Gasteiger partial charge is 0.289 e. The van der Waals surface area contributed by atoms with Gasteiger partial charge in [-0.3, -0.25) is 9.59 Å². The summed E-state index contributed by atoms with van der Waals surface area (Å²) in [4.78, 5) is 22.0. The molecule has 3 aromatic rings. The van der Waals surface area contributed by atoms with Crippen molar-refractivity contribution in [3.8, 4) is 0 Å². The van der Waals surface area contributed by atoms with Gasteiger partial charge in [0.15, 0.2) is 10.9 Å². The summed E-state index contributed by atoms with van der Waals surface area (Å²) in [6, 6.07) is 1.81. The minimum Gasteiger partial charge on any atom is -0.289 e. The second kappa shape index (κ2) is 1.16. The summed E-state index contributed by atoms with van der Waals surface area (Å²) in [7, 11) is 0. The van der Waals surface area contributed by atoms with Gasteiger partial charge in [-0.25, -0.2) is 0 Å². The molecule has 0 bridgehead atoms. The number of hydrogen-bond donors (Lipinski definition) is 0. The maximum Gasteiger partial charge on any atom is 0.195 e. The van der Waals surface area contributed by atoms with Crippen LogP contribution in [0.15, 0.2) is 15.7 Å². The molecule has 2 nitrogen and oxygen atoms in total. The predicted octanol–water partition coefficient (Wildman–Crippen LogP) is 0.773. The second-order valence-corrected chi connectivity index (χ2v) is 3.02. The first-order valence-corrected chi connectivity index (χ1v) is 3.49. The lowest BCUT2D eigenvalue weighted by molar-refractivity contribution is 1.59. The van der Waals surface area contributed by atoms with Crippen molar-refractivity contribution >= 4 is 21.5 Å². The average molecular weight is 144 g/mol. The monoisotopic (exact) mass is 144 g/mol. The molecule has 0 saturated carbocycles. The minimum atomic E-state index is 0.0696. The van der Waals surface area contributed by atoms with E-state index in [1.807, 2.05) is 6.92 Å². The van der Waals surface area contributed by atoms with Gasteiger partial charge in [0.25, 0.3) is 0 Å². The Hall–Kier alpha value is -1.44. The molecule has 3 aromatic carbocycles. The van der Waals surface area contributed by atoms with Gasteiger partial charge in [-0.1, -0.05) is 0 Å². The van der Waals surface area contributed by atoms with Gasteiger partial charge in [0, 0.05) is 21.5 Å². The van der Waals surface area contributed by atoms with Gasteiger partial charge in [-0.15, -0.1) is 0 Å². The van der Waals surface area contributed by atoms with E-state index in [2.05, 4.69) is 0 Å². The first-order valence-electron chi connectivity index (χ1n) is 3.49. The summed E-state index contributed by atoms with van der Waals surface area (Å²) in [6.45, 7) is 1.87. The van der Waals surface area contributed by atoms with Crippen LogP contribution in [0.25, 0.3) is 21.5 Å². The highest BCUT2D eigenvalue weighted by Crippen LogP contribution is 2.30. The molecule has 52 valence electrons. The van der Waals surface area contributed by atoms with Crippen LogP contribution in [0.3, 0.4) is 0 Å². The lowest BCUT2D eigenvalue weighted by Gasteiger charge is -1.78. The lowest BCUT2D eigenvalue weighted by Crippen LogP contribution is -1.74. The Kier molecular flexibility index (Phi) is 0.552. The van der Waals surface area contributed by atoms with Crippen LogP contribution < -0.4 is 10.9 Å². The van der Waals surface area contributed by atoms with Crippen LogP contribution in [0.1, 0.15) is 5.56 Å². The van der Waals surface area contributed by atoms with Crippen LogP contribution in [0.4, 0.5) is 0 Å². The topological polar surface area (TPSA) is 34.1 Å². The first kappa shape index (κ1) is 5.24. The van der Waals surface area contributed by atoms with Gasteiger partial charge >= 0.3 is 0 Å². The molecule has 0 spiro atoms. The Balaban J connectivity index is 2.78. The highest BCUT2D eigenvalue weighted by molar-refractivity contribution is 6.24. The Bertz CT molecular complexity index is 611. The van der Waals surface area contributed by atoms with Crippen LogP contribution in [0, 0.1) is 6.92 Å². The zero-order chi connectivity index (χ0) is 7.75. The fourth-order valence-corrected chi connectivity index (χ4v) is 1.64. The molecule has 11 heavy (non-hydrogen) atoms. The zero-order valence-corrected chi connectivity index (χ0v) is 5.89. The van der Waals surface area contributed by atoms with Crippen LogP contribution in [-0.2, 0) is 0 Å². The molecular weight excluding hydrogens is 140 g/mol. The van der Waals surface area contributed by atoms with Crippen LogP contribution >= 0.6 is 0 Å². The Labute approximate surface area is 61.4 Å². The first-order chi connectivity index (χ1) is 5.22. The van der Waals surface area contributed by atoms with E-state index in [4.69, 9.17) is 0 Å². The summed E-state index contributed by atoms with van der Waals surface area (Å²) >= 11 is 0. The van der Waals surface area contributed by atoms with E-state index in [0.29, 0.717) is 10.8 Å². The predicted molar refractivity (Wildman–Crippen MR) is 43.5 cm³/mol. The van der Waals surface area contributed by atoms with Gasteiger partial charge in [-0.05, 0) is 18.6 Å². The molecule has 0 aliphatic rings. The summed E-state index contributed by atoms with van der Waals surface area (Å²) in [5.41, 5.74) is 1.10. The van der Waals surface area contributed by atoms with Crippen molar-refractivity contribution in [2.75, 3.05) is 0 Å². The van der Waals surface area contributed by atoms with E-state index in [1.54, 1.807) is 6.07 Å². The molecule has 0 aromatic heterocycles. The van der Waals surface area contributed by atoms with Gasteiger partial charge in [0.1, 0.15) is 0 Å². The number of rotatable bonds is 0. The standard InChI is InChI=1S/C9H4O2/c1-3-2-4-6(8(4)10)7-5(3)9(7)11/h2H,1H3. The molecule has 0 amide bonds. The summed E-state index contributed by atoms with van der Waals surface area (Å²) in [6.07, 6.45) is 0. The highest BCUT2D eigenvalue weighted by Gasteiger charge is 2.26. The molecule has 3 rings (SSSR count). The van der Waals surface area contributed by atoms with Crippen molar-refractivity contribution in [2.24, 2.45) is 0 Å². The normalized spacial score (nSPS) is 12.8. The highest BCUT2D eigenvalue weighted by atomic mass is 16.1. The van der Waals surface area contributed by atoms with Gasteiger partial charge in [0.05, 0.1) is 0 Å². The molecule has 0 aliphatic heterocycles. The number of hydrogen-bond acceptors (Lipinski definition) is 2. The molecule has 0 saturated heterocycles. The fourth-order valence-electron chi connectivity index (χ4n) is 1.64. The SMILES string of the molecule is Cc1cc2c(=O)c2c2c(=O)c12. The maximum absolute atomic E-state index is 11.0. The smallest absolute Gasteiger partial charge is 0.195 e. The molecule has 0 N–H and O–H groups in total. The van der Waals surface area contributed by atoms with Crippen LogP contribution in [-0.4, -0.2) is 0 Å². The van der Waals surface area contributed by atoms with E-state index >= 15 is 0 Å². The summed E-state index contributed by atoms with van der Waals surface area (Å²) in [5, 5.41) is 2.93. The molecule has 0 heterocycles. The van der Waals surface area contributed by atoms with Gasteiger partial charge in [0.2, 0.25) is 0 Å². The molecule has 0 atom stereocenters. The molecular formula is C9H4O2. The molecule has 0 radical (unpaired) electrons. The van der Waals surface area contributed by atoms with Crippen molar-refractivity contribution in [1.29, 1.82) is 0 Å². The third-order valence-corrected chi connectivity index (χ3v) is 2.33. The molecule has 0 aliphatic carbocycles. The maximum atomic E-state index is 11.0. The van der Waals surface area contributed by atoms with E-state index in [-0.39, 0.29) is 10.9 Å². The molecule has 0 unspecified atom stereocenters. The molecule has 0 fully saturated rings. The van der Waals surface area contributed by atoms with E-state index in [9.17, 15) is 9.59 Å².